The summed E-state index contributed by atoms with van der Waals surface area (Å²) in [4.78, 5) is 16.8. The molecule has 1 saturated heterocycles. The van der Waals surface area contributed by atoms with Gasteiger partial charge in [-0.25, -0.2) is 0 Å². The number of rotatable bonds is 5. The third kappa shape index (κ3) is 6.09. The molecule has 142 valence electrons. The minimum absolute atomic E-state index is 0. The van der Waals surface area contributed by atoms with Crippen molar-refractivity contribution in [2.75, 3.05) is 48.7 Å². The molecule has 1 aliphatic rings. The summed E-state index contributed by atoms with van der Waals surface area (Å²) in [6, 6.07) is 17.8. The van der Waals surface area contributed by atoms with E-state index in [0.717, 1.165) is 32.7 Å². The van der Waals surface area contributed by atoms with Gasteiger partial charge in [-0.1, -0.05) is 30.3 Å². The van der Waals surface area contributed by atoms with Crippen molar-refractivity contribution in [2.24, 2.45) is 0 Å². The van der Waals surface area contributed by atoms with Crippen molar-refractivity contribution in [3.05, 3.63) is 54.6 Å². The molecule has 1 amide bonds. The molecule has 7 heteroatoms. The number of amides is 1. The molecule has 1 fully saturated rings. The number of nitrogens with one attached hydrogen (secondary N) is 1. The summed E-state index contributed by atoms with van der Waals surface area (Å²) in [6.07, 6.45) is 0.486. The number of carbonyl (C=O) groups is 1. The first-order valence-electron chi connectivity index (χ1n) is 8.39. The molecule has 2 aromatic rings. The van der Waals surface area contributed by atoms with E-state index in [-0.39, 0.29) is 30.7 Å². The molecule has 1 heterocycles. The zero-order valence-corrected chi connectivity index (χ0v) is 16.3. The Kier molecular flexibility index (Phi) is 9.27. The van der Waals surface area contributed by atoms with Gasteiger partial charge in [0.25, 0.3) is 0 Å². The molecule has 3 N–H and O–H groups in total. The topological polar surface area (TPSA) is 61.6 Å². The van der Waals surface area contributed by atoms with Crippen LogP contribution in [0.2, 0.25) is 0 Å². The fourth-order valence-electron chi connectivity index (χ4n) is 2.95. The molecule has 0 saturated carbocycles. The Balaban J connectivity index is 0.00000169. The Hall–Kier alpha value is -1.95. The average molecular weight is 397 g/mol. The predicted molar refractivity (Wildman–Crippen MR) is 114 cm³/mol. The maximum absolute atomic E-state index is 12.1. The first kappa shape index (κ1) is 22.1. The van der Waals surface area contributed by atoms with Gasteiger partial charge in [0, 0.05) is 44.8 Å². The van der Waals surface area contributed by atoms with Gasteiger partial charge >= 0.3 is 0 Å². The summed E-state index contributed by atoms with van der Waals surface area (Å²) in [5.74, 6) is 0.0124. The Morgan fingerprint density at radius 2 is 1.54 bits per heavy atom. The van der Waals surface area contributed by atoms with Gasteiger partial charge in [-0.15, -0.1) is 24.8 Å². The maximum atomic E-state index is 12.1. The van der Waals surface area contributed by atoms with E-state index in [9.17, 15) is 4.79 Å². The fraction of sp³-hybridized carbons (Fsp3) is 0.316. The Morgan fingerprint density at radius 3 is 2.19 bits per heavy atom. The second kappa shape index (κ2) is 10.9. The third-order valence-electron chi connectivity index (χ3n) is 4.38. The second-order valence-electron chi connectivity index (χ2n) is 6.05. The predicted octanol–water partition coefficient (Wildman–Crippen LogP) is 3.26. The molecule has 0 aromatic heterocycles. The monoisotopic (exact) mass is 396 g/mol. The van der Waals surface area contributed by atoms with Crippen LogP contribution >= 0.6 is 24.8 Å². The highest BCUT2D eigenvalue weighted by molar-refractivity contribution is 5.93. The van der Waals surface area contributed by atoms with Crippen LogP contribution in [0.25, 0.3) is 0 Å². The molecular formula is C19H26Cl2N4O. The van der Waals surface area contributed by atoms with Crippen LogP contribution in [0.4, 0.5) is 17.1 Å². The van der Waals surface area contributed by atoms with Crippen LogP contribution in [0.5, 0.6) is 0 Å². The SMILES string of the molecule is Cl.Cl.Nc1ccccc1NC(=O)CCN1CCN(c2ccccc2)CC1. The number of nitrogen functional groups attached to an aromatic ring is 1. The van der Waals surface area contributed by atoms with Crippen molar-refractivity contribution in [1.29, 1.82) is 0 Å². The second-order valence-corrected chi connectivity index (χ2v) is 6.05. The summed E-state index contributed by atoms with van der Waals surface area (Å²) in [6.45, 7) is 4.74. The van der Waals surface area contributed by atoms with Gasteiger partial charge in [-0.3, -0.25) is 9.69 Å². The fourth-order valence-corrected chi connectivity index (χ4v) is 2.95. The molecule has 0 unspecified atom stereocenters. The smallest absolute Gasteiger partial charge is 0.225 e. The van der Waals surface area contributed by atoms with Gasteiger partial charge in [0.15, 0.2) is 0 Å². The van der Waals surface area contributed by atoms with Gasteiger partial charge in [0.1, 0.15) is 0 Å². The summed E-state index contributed by atoms with van der Waals surface area (Å²) in [5.41, 5.74) is 8.41. The highest BCUT2D eigenvalue weighted by Crippen LogP contribution is 2.17. The molecule has 3 rings (SSSR count). The Labute approximate surface area is 167 Å². The standard InChI is InChI=1S/C19H24N4O.2ClH/c20-17-8-4-5-9-18(17)21-19(24)10-11-22-12-14-23(15-13-22)16-6-2-1-3-7-16;;/h1-9H,10-15,20H2,(H,21,24);2*1H. The largest absolute Gasteiger partial charge is 0.397 e. The van der Waals surface area contributed by atoms with Crippen LogP contribution in [0.3, 0.4) is 0 Å². The van der Waals surface area contributed by atoms with Gasteiger partial charge < -0.3 is 16.0 Å². The molecular weight excluding hydrogens is 371 g/mol. The van der Waals surface area contributed by atoms with E-state index in [1.807, 2.05) is 24.3 Å². The van der Waals surface area contributed by atoms with Gasteiger partial charge in [-0.05, 0) is 24.3 Å². The lowest BCUT2D eigenvalue weighted by molar-refractivity contribution is -0.116. The summed E-state index contributed by atoms with van der Waals surface area (Å²) in [7, 11) is 0. The molecule has 0 radical (unpaired) electrons. The average Bonchev–Trinajstić information content (AvgIpc) is 2.63. The highest BCUT2D eigenvalue weighted by Gasteiger charge is 2.17. The van der Waals surface area contributed by atoms with E-state index in [4.69, 9.17) is 5.73 Å². The third-order valence-corrected chi connectivity index (χ3v) is 4.38. The molecule has 26 heavy (non-hydrogen) atoms. The van der Waals surface area contributed by atoms with E-state index in [1.165, 1.54) is 5.69 Å². The Bertz CT molecular complexity index is 676. The van der Waals surface area contributed by atoms with Gasteiger partial charge in [0.05, 0.1) is 11.4 Å². The number of piperazine rings is 1. The number of benzene rings is 2. The zero-order chi connectivity index (χ0) is 16.8. The first-order valence-corrected chi connectivity index (χ1v) is 8.39. The number of nitrogens with two attached hydrogens (primary N) is 1. The van der Waals surface area contributed by atoms with Gasteiger partial charge in [0.2, 0.25) is 5.91 Å². The van der Waals surface area contributed by atoms with Crippen LogP contribution in [0, 0.1) is 0 Å². The lowest BCUT2D eigenvalue weighted by atomic mass is 10.2. The number of hydrogen-bond donors (Lipinski definition) is 2. The molecule has 2 aromatic carbocycles. The quantitative estimate of drug-likeness (QED) is 0.761. The Morgan fingerprint density at radius 1 is 0.923 bits per heavy atom. The highest BCUT2D eigenvalue weighted by atomic mass is 35.5. The first-order chi connectivity index (χ1) is 11.7. The normalized spacial score (nSPS) is 14.1. The number of anilines is 3. The lowest BCUT2D eigenvalue weighted by Gasteiger charge is -2.36. The molecule has 0 spiro atoms. The van der Waals surface area contributed by atoms with Crippen molar-refractivity contribution >= 4 is 47.8 Å². The number of para-hydroxylation sites is 3. The van der Waals surface area contributed by atoms with Crippen molar-refractivity contribution in [1.82, 2.24) is 4.90 Å². The van der Waals surface area contributed by atoms with Gasteiger partial charge in [-0.2, -0.15) is 0 Å². The number of hydrogen-bond acceptors (Lipinski definition) is 4. The molecule has 5 nitrogen and oxygen atoms in total. The van der Waals surface area contributed by atoms with E-state index >= 15 is 0 Å². The molecule has 0 aliphatic carbocycles. The minimum atomic E-state index is 0. The summed E-state index contributed by atoms with van der Waals surface area (Å²) < 4.78 is 0. The maximum Gasteiger partial charge on any atom is 0.225 e. The van der Waals surface area contributed by atoms with Crippen LogP contribution < -0.4 is 16.0 Å². The van der Waals surface area contributed by atoms with Crippen LogP contribution in [0.1, 0.15) is 6.42 Å². The lowest BCUT2D eigenvalue weighted by Crippen LogP contribution is -2.47. The minimum Gasteiger partial charge on any atom is -0.397 e. The van der Waals surface area contributed by atoms with E-state index in [2.05, 4.69) is 39.4 Å². The summed E-state index contributed by atoms with van der Waals surface area (Å²) in [5, 5.41) is 2.88. The van der Waals surface area contributed by atoms with Crippen LogP contribution in [0.15, 0.2) is 54.6 Å². The summed E-state index contributed by atoms with van der Waals surface area (Å²) >= 11 is 0. The van der Waals surface area contributed by atoms with E-state index in [0.29, 0.717) is 17.8 Å². The van der Waals surface area contributed by atoms with E-state index < -0.39 is 0 Å². The van der Waals surface area contributed by atoms with Crippen LogP contribution in [-0.4, -0.2) is 43.5 Å². The van der Waals surface area contributed by atoms with Crippen molar-refractivity contribution < 1.29 is 4.79 Å². The van der Waals surface area contributed by atoms with Crippen molar-refractivity contribution in [3.8, 4) is 0 Å². The number of nitrogens with zero attached hydrogens (tertiary/aromatic N) is 2. The number of halogens is 2. The van der Waals surface area contributed by atoms with Crippen molar-refractivity contribution in [2.45, 2.75) is 6.42 Å². The van der Waals surface area contributed by atoms with E-state index in [1.54, 1.807) is 6.07 Å². The van der Waals surface area contributed by atoms with Crippen LogP contribution in [-0.2, 0) is 4.79 Å². The molecule has 0 bridgehead atoms. The van der Waals surface area contributed by atoms with Crippen molar-refractivity contribution in [3.63, 3.8) is 0 Å². The molecule has 1 aliphatic heterocycles. The zero-order valence-electron chi connectivity index (χ0n) is 14.6. The number of carbonyl (C=O) groups excluding carboxylic acids is 1. The molecule has 0 atom stereocenters.